The predicted molar refractivity (Wildman–Crippen MR) is 73.6 cm³/mol. The van der Waals surface area contributed by atoms with Crippen molar-refractivity contribution in [2.24, 2.45) is 11.5 Å². The van der Waals surface area contributed by atoms with Crippen molar-refractivity contribution in [3.63, 3.8) is 0 Å². The summed E-state index contributed by atoms with van der Waals surface area (Å²) < 4.78 is 0. The summed E-state index contributed by atoms with van der Waals surface area (Å²) in [4.78, 5) is 28.8. The SMILES string of the molecule is Cc1cc(N2CCC(N)(C(=O)O)C2)c(C(N)=O)c(C)n1. The molecule has 1 amide bonds. The van der Waals surface area contributed by atoms with Crippen LogP contribution < -0.4 is 16.4 Å². The molecule has 0 bridgehead atoms. The van der Waals surface area contributed by atoms with Crippen LogP contribution in [0.15, 0.2) is 6.07 Å². The molecule has 108 valence electrons. The molecule has 1 aromatic rings. The van der Waals surface area contributed by atoms with Gasteiger partial charge in [-0.25, -0.2) is 0 Å². The fourth-order valence-corrected chi connectivity index (χ4v) is 2.58. The van der Waals surface area contributed by atoms with Gasteiger partial charge in [0.1, 0.15) is 5.54 Å². The van der Waals surface area contributed by atoms with Gasteiger partial charge in [0.05, 0.1) is 16.9 Å². The Hall–Kier alpha value is -2.15. The molecule has 1 aromatic heterocycles. The van der Waals surface area contributed by atoms with Crippen molar-refractivity contribution in [1.82, 2.24) is 4.98 Å². The number of carboxylic acid groups (broad SMARTS) is 1. The summed E-state index contributed by atoms with van der Waals surface area (Å²) in [6.45, 7) is 4.13. The van der Waals surface area contributed by atoms with Crippen molar-refractivity contribution in [3.8, 4) is 0 Å². The number of nitrogens with two attached hydrogens (primary N) is 2. The van der Waals surface area contributed by atoms with Crippen LogP contribution in [0, 0.1) is 13.8 Å². The molecule has 1 aliphatic rings. The standard InChI is InChI=1S/C13H18N4O3/c1-7-5-9(10(11(14)18)8(2)16-7)17-4-3-13(15,6-17)12(19)20/h5H,3-4,6,15H2,1-2H3,(H2,14,18)(H,19,20). The van der Waals surface area contributed by atoms with Crippen molar-refractivity contribution in [2.75, 3.05) is 18.0 Å². The van der Waals surface area contributed by atoms with Gasteiger partial charge in [0.15, 0.2) is 0 Å². The molecule has 5 N–H and O–H groups in total. The number of amides is 1. The number of nitrogens with zero attached hydrogens (tertiary/aromatic N) is 2. The monoisotopic (exact) mass is 278 g/mol. The van der Waals surface area contributed by atoms with E-state index in [9.17, 15) is 9.59 Å². The Bertz CT molecular complexity index is 587. The zero-order valence-corrected chi connectivity index (χ0v) is 11.5. The molecule has 1 unspecified atom stereocenters. The van der Waals surface area contributed by atoms with E-state index in [1.807, 2.05) is 6.92 Å². The highest BCUT2D eigenvalue weighted by Crippen LogP contribution is 2.30. The van der Waals surface area contributed by atoms with E-state index in [0.717, 1.165) is 5.69 Å². The van der Waals surface area contributed by atoms with Crippen LogP contribution in [0.25, 0.3) is 0 Å². The maximum absolute atomic E-state index is 11.6. The van der Waals surface area contributed by atoms with E-state index in [1.54, 1.807) is 17.9 Å². The number of rotatable bonds is 3. The van der Waals surface area contributed by atoms with Crippen LogP contribution in [0.1, 0.15) is 28.2 Å². The maximum atomic E-state index is 11.6. The lowest BCUT2D eigenvalue weighted by Gasteiger charge is -2.24. The molecule has 1 saturated heterocycles. The van der Waals surface area contributed by atoms with E-state index < -0.39 is 17.4 Å². The van der Waals surface area contributed by atoms with Crippen LogP contribution in [0.3, 0.4) is 0 Å². The Morgan fingerprint density at radius 3 is 2.60 bits per heavy atom. The Labute approximate surface area is 116 Å². The smallest absolute Gasteiger partial charge is 0.325 e. The molecule has 20 heavy (non-hydrogen) atoms. The average molecular weight is 278 g/mol. The summed E-state index contributed by atoms with van der Waals surface area (Å²) in [6, 6.07) is 1.74. The van der Waals surface area contributed by atoms with Crippen LogP contribution in [0.5, 0.6) is 0 Å². The van der Waals surface area contributed by atoms with Gasteiger partial charge in [-0.15, -0.1) is 0 Å². The highest BCUT2D eigenvalue weighted by atomic mass is 16.4. The molecular weight excluding hydrogens is 260 g/mol. The molecule has 7 nitrogen and oxygen atoms in total. The van der Waals surface area contributed by atoms with E-state index in [1.165, 1.54) is 0 Å². The molecule has 7 heteroatoms. The van der Waals surface area contributed by atoms with Crippen LogP contribution in [0.4, 0.5) is 5.69 Å². The number of pyridine rings is 1. The number of carboxylic acids is 1. The van der Waals surface area contributed by atoms with Gasteiger partial charge in [-0.3, -0.25) is 14.6 Å². The highest BCUT2D eigenvalue weighted by molar-refractivity contribution is 6.00. The molecule has 1 fully saturated rings. The number of aliphatic carboxylic acids is 1. The topological polar surface area (TPSA) is 123 Å². The van der Waals surface area contributed by atoms with Gasteiger partial charge in [-0.2, -0.15) is 0 Å². The molecule has 0 saturated carbocycles. The highest BCUT2D eigenvalue weighted by Gasteiger charge is 2.42. The summed E-state index contributed by atoms with van der Waals surface area (Å²) in [6.07, 6.45) is 0.320. The summed E-state index contributed by atoms with van der Waals surface area (Å²) in [5.74, 6) is -1.61. The second-order valence-electron chi connectivity index (χ2n) is 5.24. The largest absolute Gasteiger partial charge is 0.480 e. The third-order valence-corrected chi connectivity index (χ3v) is 3.62. The first-order valence-corrected chi connectivity index (χ1v) is 6.30. The van der Waals surface area contributed by atoms with Crippen molar-refractivity contribution in [3.05, 3.63) is 23.0 Å². The zero-order valence-electron chi connectivity index (χ0n) is 11.5. The van der Waals surface area contributed by atoms with Crippen molar-refractivity contribution < 1.29 is 14.7 Å². The lowest BCUT2D eigenvalue weighted by Crippen LogP contribution is -2.50. The fraction of sp³-hybridized carbons (Fsp3) is 0.462. The van der Waals surface area contributed by atoms with E-state index in [-0.39, 0.29) is 6.54 Å². The van der Waals surface area contributed by atoms with Crippen molar-refractivity contribution in [1.29, 1.82) is 0 Å². The first-order valence-electron chi connectivity index (χ1n) is 6.30. The molecule has 0 spiro atoms. The quantitative estimate of drug-likeness (QED) is 0.703. The number of carbonyl (C=O) groups is 2. The van der Waals surface area contributed by atoms with Gasteiger partial charge >= 0.3 is 5.97 Å². The minimum atomic E-state index is -1.29. The number of aromatic nitrogens is 1. The first kappa shape index (κ1) is 14.3. The third kappa shape index (κ3) is 2.32. The first-order chi connectivity index (χ1) is 9.24. The normalized spacial score (nSPS) is 22.1. The van der Waals surface area contributed by atoms with Gasteiger partial charge in [0.25, 0.3) is 5.91 Å². The average Bonchev–Trinajstić information content (AvgIpc) is 2.71. The number of aryl methyl sites for hydroxylation is 2. The summed E-state index contributed by atoms with van der Waals surface area (Å²) in [5.41, 5.74) is 12.2. The Balaban J connectivity index is 2.44. The van der Waals surface area contributed by atoms with Crippen molar-refractivity contribution in [2.45, 2.75) is 25.8 Å². The third-order valence-electron chi connectivity index (χ3n) is 3.62. The van der Waals surface area contributed by atoms with Gasteiger partial charge in [0, 0.05) is 18.8 Å². The lowest BCUT2D eigenvalue weighted by atomic mass is 10.0. The van der Waals surface area contributed by atoms with E-state index in [2.05, 4.69) is 4.98 Å². The predicted octanol–water partition coefficient (Wildman–Crippen LogP) is -0.210. The lowest BCUT2D eigenvalue weighted by molar-refractivity contribution is -0.142. The minimum absolute atomic E-state index is 0.144. The van der Waals surface area contributed by atoms with Crippen LogP contribution in [0.2, 0.25) is 0 Å². The molecule has 0 aliphatic carbocycles. The fourth-order valence-electron chi connectivity index (χ4n) is 2.58. The van der Waals surface area contributed by atoms with E-state index >= 15 is 0 Å². The Morgan fingerprint density at radius 1 is 1.45 bits per heavy atom. The van der Waals surface area contributed by atoms with Gasteiger partial charge < -0.3 is 21.5 Å². The van der Waals surface area contributed by atoms with Crippen LogP contribution >= 0.6 is 0 Å². The molecule has 2 heterocycles. The second kappa shape index (κ2) is 4.75. The van der Waals surface area contributed by atoms with Gasteiger partial charge in [-0.05, 0) is 26.3 Å². The molecule has 0 aromatic carbocycles. The maximum Gasteiger partial charge on any atom is 0.325 e. The summed E-state index contributed by atoms with van der Waals surface area (Å²) in [5, 5.41) is 9.17. The molecule has 2 rings (SSSR count). The Morgan fingerprint density at radius 2 is 2.10 bits per heavy atom. The molecule has 1 atom stereocenters. The summed E-state index contributed by atoms with van der Waals surface area (Å²) in [7, 11) is 0. The number of hydrogen-bond donors (Lipinski definition) is 3. The van der Waals surface area contributed by atoms with Crippen molar-refractivity contribution >= 4 is 17.6 Å². The zero-order chi connectivity index (χ0) is 15.1. The van der Waals surface area contributed by atoms with Gasteiger partial charge in [0.2, 0.25) is 0 Å². The molecule has 0 radical (unpaired) electrons. The Kier molecular flexibility index (Phi) is 3.39. The van der Waals surface area contributed by atoms with Crippen LogP contribution in [-0.2, 0) is 4.79 Å². The van der Waals surface area contributed by atoms with Crippen LogP contribution in [-0.4, -0.2) is 40.6 Å². The number of carbonyl (C=O) groups excluding carboxylic acids is 1. The number of anilines is 1. The van der Waals surface area contributed by atoms with E-state index in [0.29, 0.717) is 29.9 Å². The van der Waals surface area contributed by atoms with E-state index in [4.69, 9.17) is 16.6 Å². The summed E-state index contributed by atoms with van der Waals surface area (Å²) >= 11 is 0. The number of primary amides is 1. The van der Waals surface area contributed by atoms with Gasteiger partial charge in [-0.1, -0.05) is 0 Å². The second-order valence-corrected chi connectivity index (χ2v) is 5.24. The number of hydrogen-bond acceptors (Lipinski definition) is 5. The molecule has 1 aliphatic heterocycles. The minimum Gasteiger partial charge on any atom is -0.480 e. The molecular formula is C13H18N4O3.